The molecule has 1 heterocycles. The van der Waals surface area contributed by atoms with Gasteiger partial charge in [-0.3, -0.25) is 14.4 Å². The van der Waals surface area contributed by atoms with Gasteiger partial charge in [-0.05, 0) is 31.0 Å². The molecule has 2 amide bonds. The molecule has 1 aliphatic heterocycles. The van der Waals surface area contributed by atoms with E-state index in [-0.39, 0.29) is 36.9 Å². The third kappa shape index (κ3) is 5.86. The molecule has 1 aliphatic rings. The highest BCUT2D eigenvalue weighted by Crippen LogP contribution is 2.17. The summed E-state index contributed by atoms with van der Waals surface area (Å²) in [6.45, 7) is 2.80. The number of benzene rings is 1. The summed E-state index contributed by atoms with van der Waals surface area (Å²) < 4.78 is 10.3. The summed E-state index contributed by atoms with van der Waals surface area (Å²) in [4.78, 5) is 37.1. The summed E-state index contributed by atoms with van der Waals surface area (Å²) >= 11 is 0. The molecule has 1 aromatic rings. The highest BCUT2D eigenvalue weighted by Gasteiger charge is 2.24. The molecule has 0 spiro atoms. The van der Waals surface area contributed by atoms with Crippen LogP contribution in [0.5, 0.6) is 0 Å². The van der Waals surface area contributed by atoms with Gasteiger partial charge in [0.15, 0.2) is 0 Å². The normalized spacial score (nSPS) is 16.3. The van der Waals surface area contributed by atoms with E-state index in [0.29, 0.717) is 24.4 Å². The smallest absolute Gasteiger partial charge is 0.307 e. The minimum Gasteiger partial charge on any atom is -0.469 e. The van der Waals surface area contributed by atoms with Crippen molar-refractivity contribution in [2.24, 2.45) is 0 Å². The van der Waals surface area contributed by atoms with Crippen molar-refractivity contribution in [2.75, 3.05) is 32.1 Å². The topological polar surface area (TPSA) is 84.9 Å². The molecule has 0 aromatic heterocycles. The predicted octanol–water partition coefficient (Wildman–Crippen LogP) is 1.83. The Morgan fingerprint density at radius 3 is 2.80 bits per heavy atom. The summed E-state index contributed by atoms with van der Waals surface area (Å²) in [6.07, 6.45) is 1.98. The summed E-state index contributed by atoms with van der Waals surface area (Å²) in [7, 11) is 1.32. The average Bonchev–Trinajstić information content (AvgIpc) is 3.10. The Bertz CT molecular complexity index is 626. The van der Waals surface area contributed by atoms with E-state index >= 15 is 0 Å². The van der Waals surface area contributed by atoms with Crippen molar-refractivity contribution in [2.45, 2.75) is 32.3 Å². The number of nitrogens with zero attached hydrogens (tertiary/aromatic N) is 1. The maximum atomic E-state index is 12.9. The maximum absolute atomic E-state index is 12.9. The van der Waals surface area contributed by atoms with E-state index in [1.165, 1.54) is 14.0 Å². The van der Waals surface area contributed by atoms with Crippen LogP contribution >= 0.6 is 0 Å². The number of anilines is 1. The van der Waals surface area contributed by atoms with Gasteiger partial charge in [0.25, 0.3) is 5.91 Å². The van der Waals surface area contributed by atoms with Crippen LogP contribution in [0.25, 0.3) is 0 Å². The molecule has 1 N–H and O–H groups in total. The van der Waals surface area contributed by atoms with Crippen molar-refractivity contribution in [3.63, 3.8) is 0 Å². The molecule has 25 heavy (non-hydrogen) atoms. The van der Waals surface area contributed by atoms with Crippen molar-refractivity contribution in [3.05, 3.63) is 29.8 Å². The predicted molar refractivity (Wildman–Crippen MR) is 92.3 cm³/mol. The first-order chi connectivity index (χ1) is 12.0. The van der Waals surface area contributed by atoms with Crippen molar-refractivity contribution in [1.29, 1.82) is 0 Å². The van der Waals surface area contributed by atoms with E-state index in [0.717, 1.165) is 12.8 Å². The number of ether oxygens (including phenoxy) is 2. The van der Waals surface area contributed by atoms with E-state index in [1.807, 2.05) is 0 Å². The monoisotopic (exact) mass is 348 g/mol. The highest BCUT2D eigenvalue weighted by atomic mass is 16.5. The molecule has 1 saturated heterocycles. The quantitative estimate of drug-likeness (QED) is 0.760. The first kappa shape index (κ1) is 18.9. The average molecular weight is 348 g/mol. The Morgan fingerprint density at radius 2 is 2.16 bits per heavy atom. The van der Waals surface area contributed by atoms with E-state index in [1.54, 1.807) is 29.2 Å². The van der Waals surface area contributed by atoms with E-state index < -0.39 is 0 Å². The first-order valence-electron chi connectivity index (χ1n) is 8.35. The van der Waals surface area contributed by atoms with Gasteiger partial charge in [-0.2, -0.15) is 0 Å². The van der Waals surface area contributed by atoms with Gasteiger partial charge < -0.3 is 19.7 Å². The molecule has 1 atom stereocenters. The fraction of sp³-hybridized carbons (Fsp3) is 0.500. The molecular weight excluding hydrogens is 324 g/mol. The lowest BCUT2D eigenvalue weighted by molar-refractivity contribution is -0.140. The molecule has 0 radical (unpaired) electrons. The van der Waals surface area contributed by atoms with Crippen molar-refractivity contribution < 1.29 is 23.9 Å². The van der Waals surface area contributed by atoms with Gasteiger partial charge in [-0.15, -0.1) is 0 Å². The van der Waals surface area contributed by atoms with Gasteiger partial charge in [-0.1, -0.05) is 6.07 Å². The van der Waals surface area contributed by atoms with E-state index in [9.17, 15) is 14.4 Å². The van der Waals surface area contributed by atoms with Crippen LogP contribution in [0.3, 0.4) is 0 Å². The van der Waals surface area contributed by atoms with Crippen LogP contribution in [-0.2, 0) is 19.1 Å². The lowest BCUT2D eigenvalue weighted by Gasteiger charge is -2.25. The number of hydrogen-bond donors (Lipinski definition) is 1. The van der Waals surface area contributed by atoms with E-state index in [4.69, 9.17) is 4.74 Å². The largest absolute Gasteiger partial charge is 0.469 e. The number of esters is 1. The molecular formula is C18H24N2O5. The SMILES string of the molecule is COC(=O)CCN(CC1CCCO1)C(=O)c1cccc(NC(C)=O)c1. The number of rotatable bonds is 7. The minimum atomic E-state index is -0.364. The minimum absolute atomic E-state index is 0.0138. The second-order valence-electron chi connectivity index (χ2n) is 5.97. The van der Waals surface area contributed by atoms with Gasteiger partial charge in [0.1, 0.15) is 0 Å². The molecule has 1 unspecified atom stereocenters. The third-order valence-electron chi connectivity index (χ3n) is 3.98. The Labute approximate surface area is 147 Å². The summed E-state index contributed by atoms with van der Waals surface area (Å²) in [5.74, 6) is -0.768. The molecule has 0 aliphatic carbocycles. The second-order valence-corrected chi connectivity index (χ2v) is 5.97. The number of methoxy groups -OCH3 is 1. The molecule has 136 valence electrons. The maximum Gasteiger partial charge on any atom is 0.307 e. The molecule has 0 bridgehead atoms. The van der Waals surface area contributed by atoms with Gasteiger partial charge in [0.05, 0.1) is 19.6 Å². The highest BCUT2D eigenvalue weighted by molar-refractivity contribution is 5.97. The van der Waals surface area contributed by atoms with Crippen LogP contribution in [0.15, 0.2) is 24.3 Å². The zero-order valence-electron chi connectivity index (χ0n) is 14.6. The summed E-state index contributed by atoms with van der Waals surface area (Å²) in [5.41, 5.74) is 1.01. The molecule has 2 rings (SSSR count). The molecule has 7 heteroatoms. The van der Waals surface area contributed by atoms with Gasteiger partial charge in [0, 0.05) is 37.9 Å². The summed E-state index contributed by atoms with van der Waals surface area (Å²) in [5, 5.41) is 2.66. The van der Waals surface area contributed by atoms with Crippen LogP contribution in [0.4, 0.5) is 5.69 Å². The number of carbonyl (C=O) groups is 3. The van der Waals surface area contributed by atoms with Crippen LogP contribution < -0.4 is 5.32 Å². The van der Waals surface area contributed by atoms with Crippen LogP contribution in [-0.4, -0.2) is 55.6 Å². The van der Waals surface area contributed by atoms with E-state index in [2.05, 4.69) is 10.1 Å². The molecule has 1 aromatic carbocycles. The number of nitrogens with one attached hydrogen (secondary N) is 1. The number of hydrogen-bond acceptors (Lipinski definition) is 5. The zero-order chi connectivity index (χ0) is 18.2. The fourth-order valence-electron chi connectivity index (χ4n) is 2.75. The van der Waals surface area contributed by atoms with Crippen LogP contribution in [0, 0.1) is 0 Å². The van der Waals surface area contributed by atoms with Gasteiger partial charge in [0.2, 0.25) is 5.91 Å². The first-order valence-corrected chi connectivity index (χ1v) is 8.35. The summed E-state index contributed by atoms with van der Waals surface area (Å²) in [6, 6.07) is 6.75. The van der Waals surface area contributed by atoms with Gasteiger partial charge >= 0.3 is 5.97 Å². The molecule has 1 fully saturated rings. The molecule has 7 nitrogen and oxygen atoms in total. The Balaban J connectivity index is 2.11. The third-order valence-corrected chi connectivity index (χ3v) is 3.98. The van der Waals surface area contributed by atoms with Crippen LogP contribution in [0.1, 0.15) is 36.5 Å². The van der Waals surface area contributed by atoms with Gasteiger partial charge in [-0.25, -0.2) is 0 Å². The lowest BCUT2D eigenvalue weighted by Crippen LogP contribution is -2.39. The van der Waals surface area contributed by atoms with Crippen molar-refractivity contribution in [1.82, 2.24) is 4.90 Å². The van der Waals surface area contributed by atoms with Crippen molar-refractivity contribution >= 4 is 23.5 Å². The zero-order valence-corrected chi connectivity index (χ0v) is 14.6. The second kappa shape index (κ2) is 9.17. The Morgan fingerprint density at radius 1 is 1.36 bits per heavy atom. The fourth-order valence-corrected chi connectivity index (χ4v) is 2.75. The molecule has 0 saturated carbocycles. The van der Waals surface area contributed by atoms with Crippen molar-refractivity contribution in [3.8, 4) is 0 Å². The number of amides is 2. The number of carbonyl (C=O) groups excluding carboxylic acids is 3. The van der Waals surface area contributed by atoms with Crippen LogP contribution in [0.2, 0.25) is 0 Å². The lowest BCUT2D eigenvalue weighted by atomic mass is 10.1. The Hall–Kier alpha value is -2.41. The standard InChI is InChI=1S/C18H24N2O5/c1-13(21)19-15-6-3-5-14(11-15)18(23)20(9-8-17(22)24-2)12-16-7-4-10-25-16/h3,5-6,11,16H,4,7-10,12H2,1-2H3,(H,19,21). The Kier molecular flexibility index (Phi) is 6.94.